The number of hydrogen-bond donors (Lipinski definition) is 0. The SMILES string of the molecule is CS(=O)(=O)c1cnn(CC2(c3ccccc3)CC2)c1. The first-order valence-corrected chi connectivity index (χ1v) is 8.17. The van der Waals surface area contributed by atoms with Gasteiger partial charge >= 0.3 is 0 Å². The second-order valence-electron chi connectivity index (χ2n) is 5.29. The maximum absolute atomic E-state index is 11.4. The van der Waals surface area contributed by atoms with Crippen LogP contribution in [0, 0.1) is 0 Å². The molecule has 0 saturated heterocycles. The van der Waals surface area contributed by atoms with Crippen LogP contribution in [0.1, 0.15) is 18.4 Å². The molecule has 0 spiro atoms. The first-order valence-electron chi connectivity index (χ1n) is 6.28. The van der Waals surface area contributed by atoms with Crippen LogP contribution in [0.25, 0.3) is 0 Å². The molecule has 100 valence electrons. The van der Waals surface area contributed by atoms with Gasteiger partial charge in [-0.05, 0) is 18.4 Å². The predicted molar refractivity (Wildman–Crippen MR) is 72.7 cm³/mol. The van der Waals surface area contributed by atoms with Gasteiger partial charge < -0.3 is 0 Å². The van der Waals surface area contributed by atoms with Crippen LogP contribution in [0.2, 0.25) is 0 Å². The van der Waals surface area contributed by atoms with E-state index in [2.05, 4.69) is 17.2 Å². The van der Waals surface area contributed by atoms with Gasteiger partial charge in [0.15, 0.2) is 9.84 Å². The predicted octanol–water partition coefficient (Wildman–Crippen LogP) is 2.02. The molecule has 0 radical (unpaired) electrons. The highest BCUT2D eigenvalue weighted by atomic mass is 32.2. The maximum atomic E-state index is 11.4. The van der Waals surface area contributed by atoms with Crippen LogP contribution in [0.4, 0.5) is 0 Å². The van der Waals surface area contributed by atoms with Gasteiger partial charge in [0.1, 0.15) is 4.90 Å². The van der Waals surface area contributed by atoms with Crippen LogP contribution in [0.5, 0.6) is 0 Å². The molecule has 19 heavy (non-hydrogen) atoms. The van der Waals surface area contributed by atoms with Crippen molar-refractivity contribution in [2.45, 2.75) is 29.7 Å². The lowest BCUT2D eigenvalue weighted by molar-refractivity contribution is 0.502. The van der Waals surface area contributed by atoms with E-state index < -0.39 is 9.84 Å². The summed E-state index contributed by atoms with van der Waals surface area (Å²) in [7, 11) is -3.17. The molecule has 0 bridgehead atoms. The Balaban J connectivity index is 1.85. The molecule has 5 heteroatoms. The molecule has 1 aliphatic rings. The van der Waals surface area contributed by atoms with Crippen molar-refractivity contribution in [3.63, 3.8) is 0 Å². The summed E-state index contributed by atoms with van der Waals surface area (Å²) in [6, 6.07) is 10.4. The fourth-order valence-corrected chi connectivity index (χ4v) is 2.97. The number of hydrogen-bond acceptors (Lipinski definition) is 3. The van der Waals surface area contributed by atoms with Crippen molar-refractivity contribution in [1.82, 2.24) is 9.78 Å². The summed E-state index contributed by atoms with van der Waals surface area (Å²) in [4.78, 5) is 0.288. The first kappa shape index (κ1) is 12.4. The summed E-state index contributed by atoms with van der Waals surface area (Å²) >= 11 is 0. The van der Waals surface area contributed by atoms with E-state index in [9.17, 15) is 8.42 Å². The van der Waals surface area contributed by atoms with E-state index in [0.717, 1.165) is 19.4 Å². The van der Waals surface area contributed by atoms with Crippen molar-refractivity contribution in [1.29, 1.82) is 0 Å². The van der Waals surface area contributed by atoms with Gasteiger partial charge in [0.05, 0.1) is 12.7 Å². The Kier molecular flexibility index (Phi) is 2.74. The molecule has 1 heterocycles. The van der Waals surface area contributed by atoms with Crippen molar-refractivity contribution >= 4 is 9.84 Å². The lowest BCUT2D eigenvalue weighted by Gasteiger charge is -2.15. The second kappa shape index (κ2) is 4.20. The Morgan fingerprint density at radius 1 is 1.26 bits per heavy atom. The zero-order valence-corrected chi connectivity index (χ0v) is 11.6. The second-order valence-corrected chi connectivity index (χ2v) is 7.31. The maximum Gasteiger partial charge on any atom is 0.178 e. The summed E-state index contributed by atoms with van der Waals surface area (Å²) < 4.78 is 24.6. The Hall–Kier alpha value is -1.62. The average Bonchev–Trinajstić information content (AvgIpc) is 2.98. The molecule has 1 aliphatic carbocycles. The monoisotopic (exact) mass is 276 g/mol. The summed E-state index contributed by atoms with van der Waals surface area (Å²) in [5, 5.41) is 4.17. The van der Waals surface area contributed by atoms with Crippen LogP contribution in [0.15, 0.2) is 47.6 Å². The molecule has 3 rings (SSSR count). The Bertz CT molecular complexity index is 685. The number of rotatable bonds is 4. The summed E-state index contributed by atoms with van der Waals surface area (Å²) in [5.41, 5.74) is 1.45. The fourth-order valence-electron chi connectivity index (χ4n) is 2.41. The summed E-state index contributed by atoms with van der Waals surface area (Å²) in [5.74, 6) is 0. The van der Waals surface area contributed by atoms with Crippen LogP contribution in [-0.2, 0) is 21.8 Å². The first-order chi connectivity index (χ1) is 9.00. The molecule has 4 nitrogen and oxygen atoms in total. The molecule has 0 unspecified atom stereocenters. The van der Waals surface area contributed by atoms with Crippen molar-refractivity contribution in [2.24, 2.45) is 0 Å². The number of nitrogens with zero attached hydrogens (tertiary/aromatic N) is 2. The fraction of sp³-hybridized carbons (Fsp3) is 0.357. The molecular weight excluding hydrogens is 260 g/mol. The third-order valence-electron chi connectivity index (χ3n) is 3.74. The van der Waals surface area contributed by atoms with E-state index in [4.69, 9.17) is 0 Å². The smallest absolute Gasteiger partial charge is 0.178 e. The molecule has 1 aromatic heterocycles. The molecule has 0 amide bonds. The lowest BCUT2D eigenvalue weighted by Crippen LogP contribution is -2.16. The van der Waals surface area contributed by atoms with Crippen molar-refractivity contribution in [3.8, 4) is 0 Å². The zero-order valence-electron chi connectivity index (χ0n) is 10.8. The minimum Gasteiger partial charge on any atom is -0.271 e. The topological polar surface area (TPSA) is 52.0 Å². The standard InChI is InChI=1S/C14H16N2O2S/c1-19(17,18)13-9-15-16(10-13)11-14(7-8-14)12-5-3-2-4-6-12/h2-6,9-10H,7-8,11H2,1H3. The van der Waals surface area contributed by atoms with Gasteiger partial charge in [-0.1, -0.05) is 30.3 Å². The molecule has 0 N–H and O–H groups in total. The molecule has 1 aromatic carbocycles. The van der Waals surface area contributed by atoms with Crippen LogP contribution in [-0.4, -0.2) is 24.5 Å². The lowest BCUT2D eigenvalue weighted by atomic mass is 9.96. The molecular formula is C14H16N2O2S. The third-order valence-corrected chi connectivity index (χ3v) is 4.81. The minimum atomic E-state index is -3.17. The van der Waals surface area contributed by atoms with Crippen LogP contribution >= 0.6 is 0 Å². The van der Waals surface area contributed by atoms with Gasteiger partial charge in [0.25, 0.3) is 0 Å². The van der Waals surface area contributed by atoms with Gasteiger partial charge in [-0.3, -0.25) is 4.68 Å². The molecule has 1 saturated carbocycles. The van der Waals surface area contributed by atoms with E-state index in [-0.39, 0.29) is 10.3 Å². The zero-order chi connectivity index (χ0) is 13.5. The van der Waals surface area contributed by atoms with E-state index in [0.29, 0.717) is 0 Å². The van der Waals surface area contributed by atoms with Gasteiger partial charge in [-0.25, -0.2) is 8.42 Å². The number of sulfone groups is 1. The van der Waals surface area contributed by atoms with E-state index in [1.807, 2.05) is 18.2 Å². The van der Waals surface area contributed by atoms with E-state index in [1.165, 1.54) is 18.0 Å². The highest BCUT2D eigenvalue weighted by Gasteiger charge is 2.44. The molecule has 0 atom stereocenters. The van der Waals surface area contributed by atoms with Crippen LogP contribution < -0.4 is 0 Å². The Morgan fingerprint density at radius 2 is 1.95 bits per heavy atom. The van der Waals surface area contributed by atoms with Gasteiger partial charge in [-0.2, -0.15) is 5.10 Å². The molecule has 1 fully saturated rings. The normalized spacial score (nSPS) is 17.3. The highest BCUT2D eigenvalue weighted by Crippen LogP contribution is 2.49. The third kappa shape index (κ3) is 2.42. The van der Waals surface area contributed by atoms with Gasteiger partial charge in [-0.15, -0.1) is 0 Å². The van der Waals surface area contributed by atoms with Gasteiger partial charge in [0, 0.05) is 17.9 Å². The number of aromatic nitrogens is 2. The summed E-state index contributed by atoms with van der Waals surface area (Å²) in [6.07, 6.45) is 6.52. The molecule has 2 aromatic rings. The quantitative estimate of drug-likeness (QED) is 0.858. The Labute approximate surface area is 113 Å². The van der Waals surface area contributed by atoms with E-state index >= 15 is 0 Å². The number of benzene rings is 1. The average molecular weight is 276 g/mol. The molecule has 0 aliphatic heterocycles. The van der Waals surface area contributed by atoms with Crippen LogP contribution in [0.3, 0.4) is 0 Å². The van der Waals surface area contributed by atoms with E-state index in [1.54, 1.807) is 10.9 Å². The Morgan fingerprint density at radius 3 is 2.47 bits per heavy atom. The summed E-state index contributed by atoms with van der Waals surface area (Å²) in [6.45, 7) is 0.743. The highest BCUT2D eigenvalue weighted by molar-refractivity contribution is 7.90. The van der Waals surface area contributed by atoms with Gasteiger partial charge in [0.2, 0.25) is 0 Å². The van der Waals surface area contributed by atoms with Crippen molar-refractivity contribution in [2.75, 3.05) is 6.26 Å². The van der Waals surface area contributed by atoms with Crippen molar-refractivity contribution in [3.05, 3.63) is 48.3 Å². The largest absolute Gasteiger partial charge is 0.271 e. The van der Waals surface area contributed by atoms with Crippen molar-refractivity contribution < 1.29 is 8.42 Å². The minimum absolute atomic E-state index is 0.141.